The van der Waals surface area contributed by atoms with Crippen LogP contribution < -0.4 is 11.5 Å². The second-order valence-corrected chi connectivity index (χ2v) is 37.4. The number of ether oxygens (including phenoxy) is 11. The fourth-order valence-electron chi connectivity index (χ4n) is 18.0. The van der Waals surface area contributed by atoms with Gasteiger partial charge in [-0.15, -0.1) is 22.7 Å². The zero-order valence-corrected chi connectivity index (χ0v) is 76.9. The van der Waals surface area contributed by atoms with Crippen LogP contribution in [0.2, 0.25) is 0 Å². The fraction of sp³-hybridized carbons (Fsp3) is 0.686. The van der Waals surface area contributed by atoms with Gasteiger partial charge in [-0.2, -0.15) is 0 Å². The summed E-state index contributed by atoms with van der Waals surface area (Å²) in [5, 5.41) is 72.4. The highest BCUT2D eigenvalue weighted by molar-refractivity contribution is 7.15. The smallest absolute Gasteiger partial charge is 0.387 e. The number of hydrogen-bond donors (Lipinski definition) is 7. The van der Waals surface area contributed by atoms with Crippen LogP contribution in [-0.4, -0.2) is 271 Å². The Bertz CT molecular complexity index is 4520. The first-order valence-corrected chi connectivity index (χ1v) is 44.1. The van der Waals surface area contributed by atoms with Crippen molar-refractivity contribution in [1.82, 2.24) is 19.8 Å². The van der Waals surface area contributed by atoms with Gasteiger partial charge in [-0.05, 0) is 171 Å². The van der Waals surface area contributed by atoms with Crippen molar-refractivity contribution in [1.29, 1.82) is 0 Å². The van der Waals surface area contributed by atoms with Gasteiger partial charge in [-0.1, -0.05) is 77.8 Å². The minimum absolute atomic E-state index is 0.0107. The van der Waals surface area contributed by atoms with Crippen molar-refractivity contribution >= 4 is 86.6 Å². The zero-order chi connectivity index (χ0) is 92.2. The van der Waals surface area contributed by atoms with Crippen molar-refractivity contribution in [2.75, 3.05) is 66.1 Å². The van der Waals surface area contributed by atoms with Crippen LogP contribution in [0.15, 0.2) is 81.2 Å². The number of carbonyl (C=O) groups excluding carboxylic acids is 5. The molecule has 0 radical (unpaired) electrons. The van der Waals surface area contributed by atoms with Crippen molar-refractivity contribution in [2.24, 2.45) is 67.9 Å². The number of aliphatic hydroxyl groups excluding tert-OH is 1. The van der Waals surface area contributed by atoms with E-state index in [4.69, 9.17) is 73.2 Å². The van der Waals surface area contributed by atoms with Crippen molar-refractivity contribution in [2.45, 2.75) is 278 Å². The van der Waals surface area contributed by atoms with Crippen LogP contribution in [0.25, 0.3) is 21.1 Å². The maximum absolute atomic E-state index is 14.6. The normalized spacial score (nSPS) is 36.5. The number of hydrazone groups is 2. The van der Waals surface area contributed by atoms with Crippen LogP contribution in [0, 0.1) is 57.2 Å². The van der Waals surface area contributed by atoms with Crippen molar-refractivity contribution in [3.05, 3.63) is 80.2 Å². The summed E-state index contributed by atoms with van der Waals surface area (Å²) in [7, 11) is 7.39. The van der Waals surface area contributed by atoms with Crippen LogP contribution in [0.1, 0.15) is 166 Å². The summed E-state index contributed by atoms with van der Waals surface area (Å²) in [4.78, 5) is 122. The number of cyclic esters (lactones) is 2. The first-order valence-electron chi connectivity index (χ1n) is 42.4. The predicted molar refractivity (Wildman–Crippen MR) is 461 cm³/mol. The maximum Gasteiger partial charge on any atom is 0.387 e. The highest BCUT2D eigenvalue weighted by Crippen LogP contribution is 2.45. The van der Waals surface area contributed by atoms with E-state index in [2.05, 4.69) is 30.5 Å². The minimum atomic E-state index is -1.96. The van der Waals surface area contributed by atoms with Crippen LogP contribution in [-0.2, 0) is 99.0 Å². The van der Waals surface area contributed by atoms with E-state index >= 15 is 0 Å². The third-order valence-corrected chi connectivity index (χ3v) is 26.7. The second kappa shape index (κ2) is 43.1. The molecule has 6 aliphatic heterocycles. The Labute approximate surface area is 737 Å². The number of nitrogens with zero attached hydrogens (tertiary/aromatic N) is 10. The first-order chi connectivity index (χ1) is 58.7. The maximum atomic E-state index is 14.6. The minimum Gasteiger partial charge on any atom is -0.459 e. The summed E-state index contributed by atoms with van der Waals surface area (Å²) in [6, 6.07) is 17.7. The number of aliphatic hydroxyl groups is 3. The summed E-state index contributed by atoms with van der Waals surface area (Å²) in [6.45, 7) is 26.8. The van der Waals surface area contributed by atoms with Gasteiger partial charge in [-0.3, -0.25) is 24.0 Å². The molecule has 0 unspecified atom stereocenters. The van der Waals surface area contributed by atoms with Crippen molar-refractivity contribution < 1.29 is 122 Å². The van der Waals surface area contributed by atoms with Gasteiger partial charge in [0.25, 0.3) is 0 Å². The summed E-state index contributed by atoms with van der Waals surface area (Å²) >= 11 is 2.90. The second-order valence-electron chi connectivity index (χ2n) is 35.1. The number of pyridine rings is 2. The van der Waals surface area contributed by atoms with E-state index in [9.17, 15) is 59.5 Å². The molecule has 39 heteroatoms. The number of fused-ring (bicyclic) bond motifs is 10. The van der Waals surface area contributed by atoms with Crippen molar-refractivity contribution in [3.8, 4) is 21.1 Å². The highest BCUT2D eigenvalue weighted by atomic mass is 32.1. The lowest BCUT2D eigenvalue weighted by Crippen LogP contribution is -2.60. The number of nitrogen functional groups attached to an aromatic ring is 2. The van der Waals surface area contributed by atoms with Gasteiger partial charge < -0.3 is 98.4 Å². The highest BCUT2D eigenvalue weighted by Gasteiger charge is 2.57. The molecule has 4 aromatic rings. The molecule has 0 aliphatic carbocycles. The molecule has 10 rings (SSSR count). The molecule has 26 atom stereocenters. The summed E-state index contributed by atoms with van der Waals surface area (Å²) in [5.74, 6) is -10.8. The fourth-order valence-corrected chi connectivity index (χ4v) is 19.8. The van der Waals surface area contributed by atoms with E-state index in [1.165, 1.54) is 57.3 Å². The Morgan fingerprint density at radius 3 is 1.34 bits per heavy atom. The van der Waals surface area contributed by atoms with E-state index < -0.39 is 171 Å². The van der Waals surface area contributed by atoms with Crippen LogP contribution >= 0.6 is 22.7 Å². The zero-order valence-electron chi connectivity index (χ0n) is 75.3. The molecule has 10 heterocycles. The number of carbonyl (C=O) groups is 5. The lowest BCUT2D eigenvalue weighted by molar-refractivity contribution is -0.796. The number of hydrogen-bond acceptors (Lipinski definition) is 33. The predicted octanol–water partition coefficient (Wildman–Crippen LogP) is 9.30. The molecule has 4 aromatic heterocycles. The van der Waals surface area contributed by atoms with Gasteiger partial charge in [0, 0.05) is 58.2 Å². The van der Waals surface area contributed by atoms with E-state index in [1.807, 2.05) is 100 Å². The number of esters is 3. The molecule has 6 aliphatic rings. The summed E-state index contributed by atoms with van der Waals surface area (Å²) < 4.78 is 70.8. The number of anilines is 2. The topological polar surface area (TPSA) is 480 Å². The van der Waals surface area contributed by atoms with E-state index in [-0.39, 0.29) is 112 Å². The van der Waals surface area contributed by atoms with Crippen LogP contribution in [0.3, 0.4) is 0 Å². The number of nitrogens with two attached hydrogens (primary N) is 2. The van der Waals surface area contributed by atoms with Gasteiger partial charge >= 0.3 is 28.0 Å². The van der Waals surface area contributed by atoms with Gasteiger partial charge in [0.15, 0.2) is 43.5 Å². The number of likely N-dealkylation sites (N-methyl/N-ethyl adjacent to an activating group) is 2. The number of thiophene rings is 2. The molecule has 37 nitrogen and oxygen atoms in total. The van der Waals surface area contributed by atoms with E-state index in [0.717, 1.165) is 25.2 Å². The molecule has 692 valence electrons. The molecule has 0 aromatic carbocycles. The van der Waals surface area contributed by atoms with Gasteiger partial charge in [0.1, 0.15) is 85.6 Å². The Hall–Kier alpha value is -8.39. The van der Waals surface area contributed by atoms with Crippen molar-refractivity contribution in [3.63, 3.8) is 0 Å². The Morgan fingerprint density at radius 1 is 0.576 bits per heavy atom. The monoisotopic (exact) mass is 1790 g/mol. The van der Waals surface area contributed by atoms with Gasteiger partial charge in [0.2, 0.25) is 0 Å². The molecule has 6 saturated heterocycles. The number of aromatic nitrogens is 2. The molecule has 6 fully saturated rings. The van der Waals surface area contributed by atoms with E-state index in [0.29, 0.717) is 30.2 Å². The molecule has 4 bridgehead atoms. The number of Topliss-reactive ketones (excluding diaryl/α,β-unsaturated/α-hetero) is 2. The van der Waals surface area contributed by atoms with Crippen LogP contribution in [0.5, 0.6) is 0 Å². The number of rotatable bonds is 19. The average Bonchev–Trinajstić information content (AvgIpc) is 1.77. The Kier molecular flexibility index (Phi) is 34.6. The average molecular weight is 1790 g/mol. The molecular formula is C86H128N12O25S2+2. The summed E-state index contributed by atoms with van der Waals surface area (Å²) in [5.41, 5.74) is 7.01. The van der Waals surface area contributed by atoms with E-state index in [1.54, 1.807) is 81.4 Å². The molecule has 125 heavy (non-hydrogen) atoms. The quantitative estimate of drug-likeness (QED) is 0.0199. The standard InChI is InChI=1S/C44H65N6O13S.C42H63N6O12S/c1-12-34-44(9,54)40-25(4)36(47-50(55)56)23(2)19-43(8,58-21-29(20-57-40)48-59-22-30-16-17-33(64-30)31-14-13-15-35(45)46-31)39(26(5)37(52)27(6)41(53)62-34)63-42-38(61-28(7)51)32(49(10)11)18-24(3)60-42;1-11-32-42(8,52)38-24(4)34(45-48(53)54)22(2)18-41(7,56-20-27(19-55-38)46-57-21-28-15-16-31(61-28)29-13-12-14-33(43)44-29)37(25(5)35(49)26(6)39(51)59-32)60-40-36(50)30(47(9)10)17-23(3)58-40/h13-17,23-27,32,34,38-40,42,54H,12,18-22H2,1-11H3,(H2,45,46)(H,55,56);12-16,22-26,30,32,36-38,40,50,52H,11,17-21H2,1-10H3,(H2,43,44)(H,53,54)/q2*+1/b47-36+,48-29+;45-34+,46-27+/t23-,24-,25+,26+,27-,32+,34-,38-,39-,40-,42+,43-,44-;22-,23-,24+,25+,26-,30+,32-,36-,37-,38-,40+,41-,42-/m11/s1. The third kappa shape index (κ3) is 24.7. The number of ketones is 2. The van der Waals surface area contributed by atoms with Gasteiger partial charge in [-0.25, -0.2) is 20.4 Å². The molecule has 0 amide bonds. The number of oxime groups is 2. The summed E-state index contributed by atoms with van der Waals surface area (Å²) in [6.07, 6.45) is -11.4. The van der Waals surface area contributed by atoms with Gasteiger partial charge in [0.05, 0.1) is 112 Å². The Balaban J connectivity index is 0.000000283. The molecular weight excluding hydrogens is 1670 g/mol. The van der Waals surface area contributed by atoms with Crippen LogP contribution in [0.4, 0.5) is 11.6 Å². The SMILES string of the molecule is CC[C@H]1OC(=O)[C@H](C)C(=O)[C@H](C)[C@@H](O[C@@H]2O[C@H](C)C[C@H](N(C)C)[C@H]2O)[C@@]2(C)C[C@@H](C)/C(=N\[N+](=O)O)[C@H](C)[C@@H](OC/C(=N\OCc3ccc(-c4cccc(N)n4)s3)CO2)[C@]1(C)O.CC[C@H]1OC(=O)[C@H](C)C(=O)[C@H](C)[C@@H](O[C@@H]2O[C@H](C)C[C@H](N(C)C)[C@H]2OC(C)=O)[C@@]2(C)C[C@@H](C)/C(=N\[N+](=O)O)[C@H](C)[C@@H](OC/C(=N\OCc3ccc(-c4cccc(N)n4)s3)CO2)[C@]1(C)O. The lowest BCUT2D eigenvalue weighted by Gasteiger charge is -2.48. The third-order valence-electron chi connectivity index (χ3n) is 24.5. The Morgan fingerprint density at radius 2 is 0.968 bits per heavy atom. The molecule has 0 spiro atoms. The molecule has 9 N–H and O–H groups in total. The molecule has 0 saturated carbocycles. The lowest BCUT2D eigenvalue weighted by atomic mass is 9.73. The largest absolute Gasteiger partial charge is 0.459 e. The first kappa shape index (κ1) is 100.